The normalized spacial score (nSPS) is 18.4. The molecule has 0 N–H and O–H groups in total. The summed E-state index contributed by atoms with van der Waals surface area (Å²) in [6.45, 7) is 0. The number of aryl methyl sites for hydroxylation is 2. The predicted octanol–water partition coefficient (Wildman–Crippen LogP) is 2.12. The van der Waals surface area contributed by atoms with Crippen molar-refractivity contribution in [2.45, 2.75) is 25.2 Å². The third kappa shape index (κ3) is 1.74. The molecule has 0 aromatic carbocycles. The Balaban J connectivity index is 2.00. The molecule has 1 aliphatic rings. The van der Waals surface area contributed by atoms with Crippen LogP contribution in [0.2, 0.25) is 0 Å². The van der Waals surface area contributed by atoms with Gasteiger partial charge in [-0.2, -0.15) is 5.10 Å². The summed E-state index contributed by atoms with van der Waals surface area (Å²) in [5.74, 6) is 0.0278. The Bertz CT molecular complexity index is 588. The van der Waals surface area contributed by atoms with E-state index in [1.165, 1.54) is 5.56 Å². The van der Waals surface area contributed by atoms with Crippen LogP contribution in [0.5, 0.6) is 0 Å². The molecule has 0 saturated carbocycles. The number of carbonyl (C=O) groups excluding carboxylic acids is 1. The number of carbonyl (C=O) groups is 1. The van der Waals surface area contributed by atoms with Crippen LogP contribution in [-0.4, -0.2) is 20.5 Å². The van der Waals surface area contributed by atoms with Gasteiger partial charge in [0.1, 0.15) is 5.69 Å². The first kappa shape index (κ1) is 11.1. The summed E-state index contributed by atoms with van der Waals surface area (Å²) < 4.78 is 1.64. The van der Waals surface area contributed by atoms with Crippen molar-refractivity contribution in [1.82, 2.24) is 14.8 Å². The molecule has 18 heavy (non-hydrogen) atoms. The van der Waals surface area contributed by atoms with Gasteiger partial charge in [0.05, 0.1) is 11.6 Å². The highest BCUT2D eigenvalue weighted by Gasteiger charge is 2.29. The van der Waals surface area contributed by atoms with Gasteiger partial charge in [0.15, 0.2) is 5.78 Å². The van der Waals surface area contributed by atoms with Crippen LogP contribution in [0.1, 0.15) is 40.5 Å². The average Bonchev–Trinajstić information content (AvgIpc) is 2.83. The van der Waals surface area contributed by atoms with Gasteiger partial charge >= 0.3 is 0 Å². The van der Waals surface area contributed by atoms with Crippen LogP contribution in [0, 0.1) is 0 Å². The molecule has 0 spiro atoms. The number of hydrogen-bond donors (Lipinski definition) is 0. The summed E-state index contributed by atoms with van der Waals surface area (Å²) in [6.07, 6.45) is 6.39. The van der Waals surface area contributed by atoms with Crippen LogP contribution < -0.4 is 0 Å². The Kier molecular flexibility index (Phi) is 2.70. The van der Waals surface area contributed by atoms with Crippen molar-refractivity contribution < 1.29 is 4.79 Å². The topological polar surface area (TPSA) is 47.8 Å². The number of fused-ring (bicyclic) bond motifs is 1. The fraction of sp³-hybridized carbons (Fsp3) is 0.357. The Labute approximate surface area is 106 Å². The van der Waals surface area contributed by atoms with E-state index in [1.807, 2.05) is 6.07 Å². The summed E-state index contributed by atoms with van der Waals surface area (Å²) in [6, 6.07) is 5.79. The standard InChI is InChI=1S/C14H15N3O/c1-17-12(7-9-16-17)14(18)11-6-2-4-10-5-3-8-15-13(10)11/h3,5,7-9,11H,2,4,6H2,1H3. The second-order valence-corrected chi connectivity index (χ2v) is 4.70. The molecule has 0 bridgehead atoms. The molecule has 2 aromatic heterocycles. The van der Waals surface area contributed by atoms with Crippen molar-refractivity contribution in [3.63, 3.8) is 0 Å². The van der Waals surface area contributed by atoms with E-state index in [-0.39, 0.29) is 11.7 Å². The molecule has 2 heterocycles. The van der Waals surface area contributed by atoms with Gasteiger partial charge in [0, 0.05) is 19.4 Å². The first-order valence-corrected chi connectivity index (χ1v) is 6.23. The average molecular weight is 241 g/mol. The quantitative estimate of drug-likeness (QED) is 0.757. The second-order valence-electron chi connectivity index (χ2n) is 4.70. The van der Waals surface area contributed by atoms with Gasteiger partial charge in [-0.3, -0.25) is 14.5 Å². The fourth-order valence-electron chi connectivity index (χ4n) is 2.66. The van der Waals surface area contributed by atoms with E-state index in [9.17, 15) is 4.79 Å². The van der Waals surface area contributed by atoms with Crippen LogP contribution in [0.4, 0.5) is 0 Å². The van der Waals surface area contributed by atoms with E-state index in [1.54, 1.807) is 30.2 Å². The molecule has 0 aliphatic heterocycles. The third-order valence-electron chi connectivity index (χ3n) is 3.58. The van der Waals surface area contributed by atoms with E-state index in [0.29, 0.717) is 5.69 Å². The Morgan fingerprint density at radius 2 is 2.28 bits per heavy atom. The Hall–Kier alpha value is -1.97. The van der Waals surface area contributed by atoms with E-state index in [4.69, 9.17) is 0 Å². The van der Waals surface area contributed by atoms with E-state index >= 15 is 0 Å². The number of nitrogens with zero attached hydrogens (tertiary/aromatic N) is 3. The summed E-state index contributed by atoms with van der Waals surface area (Å²) in [7, 11) is 1.80. The number of ketones is 1. The molecule has 2 aromatic rings. The zero-order valence-electron chi connectivity index (χ0n) is 10.3. The number of pyridine rings is 1. The zero-order valence-corrected chi connectivity index (χ0v) is 10.3. The molecule has 0 radical (unpaired) electrons. The monoisotopic (exact) mass is 241 g/mol. The van der Waals surface area contributed by atoms with Crippen molar-refractivity contribution in [3.8, 4) is 0 Å². The summed E-state index contributed by atoms with van der Waals surface area (Å²) in [5.41, 5.74) is 2.83. The highest BCUT2D eigenvalue weighted by Crippen LogP contribution is 2.32. The highest BCUT2D eigenvalue weighted by molar-refractivity contribution is 5.99. The van der Waals surface area contributed by atoms with Gasteiger partial charge in [-0.25, -0.2) is 0 Å². The minimum atomic E-state index is -0.106. The maximum absolute atomic E-state index is 12.5. The van der Waals surface area contributed by atoms with Gasteiger partial charge < -0.3 is 0 Å². The van der Waals surface area contributed by atoms with Crippen LogP contribution in [0.3, 0.4) is 0 Å². The molecule has 4 nitrogen and oxygen atoms in total. The van der Waals surface area contributed by atoms with E-state index in [2.05, 4.69) is 16.1 Å². The molecule has 0 amide bonds. The van der Waals surface area contributed by atoms with Crippen LogP contribution in [0.15, 0.2) is 30.6 Å². The highest BCUT2D eigenvalue weighted by atomic mass is 16.1. The minimum Gasteiger partial charge on any atom is -0.292 e. The lowest BCUT2D eigenvalue weighted by atomic mass is 9.83. The Morgan fingerprint density at radius 3 is 3.06 bits per heavy atom. The molecule has 3 rings (SSSR count). The first-order valence-electron chi connectivity index (χ1n) is 6.23. The predicted molar refractivity (Wildman–Crippen MR) is 67.5 cm³/mol. The van der Waals surface area contributed by atoms with Crippen LogP contribution in [-0.2, 0) is 13.5 Å². The molecule has 1 unspecified atom stereocenters. The number of aromatic nitrogens is 3. The minimum absolute atomic E-state index is 0.106. The first-order chi connectivity index (χ1) is 8.77. The second kappa shape index (κ2) is 4.37. The largest absolute Gasteiger partial charge is 0.292 e. The van der Waals surface area contributed by atoms with Gasteiger partial charge in [-0.15, -0.1) is 0 Å². The maximum Gasteiger partial charge on any atom is 0.189 e. The molecule has 4 heteroatoms. The van der Waals surface area contributed by atoms with Crippen molar-refractivity contribution in [2.24, 2.45) is 7.05 Å². The molecule has 0 fully saturated rings. The molecule has 92 valence electrons. The Morgan fingerprint density at radius 1 is 1.39 bits per heavy atom. The number of hydrogen-bond acceptors (Lipinski definition) is 3. The lowest BCUT2D eigenvalue weighted by Crippen LogP contribution is -2.22. The van der Waals surface area contributed by atoms with Crippen LogP contribution in [0.25, 0.3) is 0 Å². The van der Waals surface area contributed by atoms with Crippen molar-refractivity contribution >= 4 is 5.78 Å². The summed E-state index contributed by atoms with van der Waals surface area (Å²) in [4.78, 5) is 17.0. The number of Topliss-reactive ketones (excluding diaryl/α,β-unsaturated/α-hetero) is 1. The lowest BCUT2D eigenvalue weighted by Gasteiger charge is -2.22. The smallest absolute Gasteiger partial charge is 0.189 e. The zero-order chi connectivity index (χ0) is 12.5. The van der Waals surface area contributed by atoms with Crippen LogP contribution >= 0.6 is 0 Å². The van der Waals surface area contributed by atoms with Gasteiger partial charge in [-0.05, 0) is 37.0 Å². The molecular weight excluding hydrogens is 226 g/mol. The summed E-state index contributed by atoms with van der Waals surface area (Å²) >= 11 is 0. The SMILES string of the molecule is Cn1nccc1C(=O)C1CCCc2cccnc21. The maximum atomic E-state index is 12.5. The van der Waals surface area contributed by atoms with E-state index in [0.717, 1.165) is 25.0 Å². The van der Waals surface area contributed by atoms with Gasteiger partial charge in [0.2, 0.25) is 0 Å². The van der Waals surface area contributed by atoms with Gasteiger partial charge in [-0.1, -0.05) is 6.07 Å². The van der Waals surface area contributed by atoms with E-state index < -0.39 is 0 Å². The van der Waals surface area contributed by atoms with Crippen molar-refractivity contribution in [1.29, 1.82) is 0 Å². The fourth-order valence-corrected chi connectivity index (χ4v) is 2.66. The summed E-state index contributed by atoms with van der Waals surface area (Å²) in [5, 5.41) is 4.06. The van der Waals surface area contributed by atoms with Crippen molar-refractivity contribution in [2.75, 3.05) is 0 Å². The lowest BCUT2D eigenvalue weighted by molar-refractivity contribution is 0.0939. The third-order valence-corrected chi connectivity index (χ3v) is 3.58. The number of rotatable bonds is 2. The molecule has 1 aliphatic carbocycles. The molecule has 0 saturated heterocycles. The van der Waals surface area contributed by atoms with Crippen molar-refractivity contribution in [3.05, 3.63) is 47.5 Å². The molecule has 1 atom stereocenters. The molecular formula is C14H15N3O. The van der Waals surface area contributed by atoms with Gasteiger partial charge in [0.25, 0.3) is 0 Å².